The maximum Gasteiger partial charge on any atom is 0.416 e. The van der Waals surface area contributed by atoms with Crippen LogP contribution in [0.1, 0.15) is 11.1 Å². The van der Waals surface area contributed by atoms with Crippen LogP contribution in [0.4, 0.5) is 24.7 Å². The van der Waals surface area contributed by atoms with Crippen LogP contribution >= 0.6 is 11.6 Å². The highest BCUT2D eigenvalue weighted by Crippen LogP contribution is 2.30. The Morgan fingerprint density at radius 2 is 1.83 bits per heavy atom. The summed E-state index contributed by atoms with van der Waals surface area (Å²) in [6.07, 6.45) is 0.721. The van der Waals surface area contributed by atoms with Gasteiger partial charge in [-0.3, -0.25) is 15.0 Å². The van der Waals surface area contributed by atoms with Crippen LogP contribution in [0.25, 0.3) is 6.08 Å². The van der Waals surface area contributed by atoms with Crippen molar-refractivity contribution in [1.29, 1.82) is 0 Å². The van der Waals surface area contributed by atoms with E-state index in [1.165, 1.54) is 24.4 Å². The number of alkyl halides is 3. The first-order valence-corrected chi connectivity index (χ1v) is 9.23. The molecule has 0 atom stereocenters. The Balaban J connectivity index is 1.54. The Morgan fingerprint density at radius 3 is 2.41 bits per heavy atom. The lowest BCUT2D eigenvalue weighted by atomic mass is 10.1. The summed E-state index contributed by atoms with van der Waals surface area (Å²) >= 11 is 5.80. The van der Waals surface area contributed by atoms with E-state index in [4.69, 9.17) is 11.6 Å². The van der Waals surface area contributed by atoms with Gasteiger partial charge < -0.3 is 4.90 Å². The molecule has 10 heteroatoms. The topological polar surface area (TPSA) is 62.5 Å². The molecule has 1 saturated heterocycles. The van der Waals surface area contributed by atoms with Gasteiger partial charge >= 0.3 is 11.9 Å². The van der Waals surface area contributed by atoms with Crippen molar-refractivity contribution in [3.63, 3.8) is 0 Å². The van der Waals surface area contributed by atoms with Gasteiger partial charge in [0.15, 0.2) is 0 Å². The van der Waals surface area contributed by atoms with Gasteiger partial charge in [0, 0.05) is 45.0 Å². The molecule has 0 radical (unpaired) electrons. The standard InChI is InChI=1S/C19H18ClF3N4O2/c20-16-12-17(27(28)29)18(24-13-16)26-10-8-25(9-11-26)7-1-2-14-3-5-15(6-4-14)19(21,22)23/h1-6,12-13H,7-11H2/b2-1+. The fourth-order valence-electron chi connectivity index (χ4n) is 3.06. The SMILES string of the molecule is O=[N+]([O-])c1cc(Cl)cnc1N1CCN(C/C=C/c2ccc(C(F)(F)F)cc2)CC1. The normalized spacial score (nSPS) is 15.8. The van der Waals surface area contributed by atoms with Crippen molar-refractivity contribution < 1.29 is 18.1 Å². The number of nitro groups is 1. The maximum atomic E-state index is 12.6. The Morgan fingerprint density at radius 1 is 1.17 bits per heavy atom. The maximum absolute atomic E-state index is 12.6. The van der Waals surface area contributed by atoms with Crippen molar-refractivity contribution in [2.24, 2.45) is 0 Å². The average Bonchev–Trinajstić information content (AvgIpc) is 2.68. The summed E-state index contributed by atoms with van der Waals surface area (Å²) < 4.78 is 37.7. The van der Waals surface area contributed by atoms with Crippen molar-refractivity contribution in [3.05, 3.63) is 68.9 Å². The van der Waals surface area contributed by atoms with Crippen LogP contribution in [0.5, 0.6) is 0 Å². The van der Waals surface area contributed by atoms with Crippen LogP contribution in [0, 0.1) is 10.1 Å². The third-order valence-electron chi connectivity index (χ3n) is 4.59. The zero-order valence-electron chi connectivity index (χ0n) is 15.3. The molecule has 1 fully saturated rings. The fraction of sp³-hybridized carbons (Fsp3) is 0.316. The highest BCUT2D eigenvalue weighted by atomic mass is 35.5. The minimum Gasteiger partial charge on any atom is -0.348 e. The van der Waals surface area contributed by atoms with Gasteiger partial charge in [-0.15, -0.1) is 0 Å². The summed E-state index contributed by atoms with van der Waals surface area (Å²) in [5, 5.41) is 11.4. The van der Waals surface area contributed by atoms with Gasteiger partial charge in [0.1, 0.15) is 0 Å². The van der Waals surface area contributed by atoms with E-state index in [9.17, 15) is 23.3 Å². The van der Waals surface area contributed by atoms with Gasteiger partial charge in [0.2, 0.25) is 5.82 Å². The molecule has 2 aromatic rings. The lowest BCUT2D eigenvalue weighted by molar-refractivity contribution is -0.384. The highest BCUT2D eigenvalue weighted by Gasteiger charge is 2.29. The molecule has 1 aromatic carbocycles. The number of pyridine rings is 1. The van der Waals surface area contributed by atoms with Crippen molar-refractivity contribution in [3.8, 4) is 0 Å². The molecule has 0 N–H and O–H groups in total. The van der Waals surface area contributed by atoms with E-state index >= 15 is 0 Å². The van der Waals surface area contributed by atoms with E-state index in [0.29, 0.717) is 44.1 Å². The number of halogens is 4. The number of piperazine rings is 1. The Labute approximate surface area is 170 Å². The molecule has 1 aromatic heterocycles. The lowest BCUT2D eigenvalue weighted by Crippen LogP contribution is -2.46. The summed E-state index contributed by atoms with van der Waals surface area (Å²) in [6.45, 7) is 3.13. The molecule has 0 saturated carbocycles. The van der Waals surface area contributed by atoms with E-state index in [1.54, 1.807) is 6.08 Å². The third-order valence-corrected chi connectivity index (χ3v) is 4.80. The lowest BCUT2D eigenvalue weighted by Gasteiger charge is -2.34. The number of rotatable bonds is 5. The van der Waals surface area contributed by atoms with Gasteiger partial charge in [0.25, 0.3) is 0 Å². The van der Waals surface area contributed by atoms with Gasteiger partial charge in [-0.2, -0.15) is 13.2 Å². The summed E-state index contributed by atoms with van der Waals surface area (Å²) in [5.74, 6) is 0.305. The molecule has 2 heterocycles. The molecular formula is C19H18ClF3N4O2. The average molecular weight is 427 g/mol. The van der Waals surface area contributed by atoms with Gasteiger partial charge in [0.05, 0.1) is 15.5 Å². The van der Waals surface area contributed by atoms with Crippen LogP contribution < -0.4 is 4.90 Å². The number of hydrogen-bond acceptors (Lipinski definition) is 5. The predicted octanol–water partition coefficient (Wildman–Crippen LogP) is 4.50. The number of aromatic nitrogens is 1. The van der Waals surface area contributed by atoms with Crippen molar-refractivity contribution in [1.82, 2.24) is 9.88 Å². The minimum atomic E-state index is -4.34. The molecular weight excluding hydrogens is 409 g/mol. The Bertz CT molecular complexity index is 895. The van der Waals surface area contributed by atoms with E-state index in [2.05, 4.69) is 9.88 Å². The van der Waals surface area contributed by atoms with Gasteiger partial charge in [-0.05, 0) is 17.7 Å². The smallest absolute Gasteiger partial charge is 0.348 e. The third kappa shape index (κ3) is 5.45. The van der Waals surface area contributed by atoms with Crippen LogP contribution in [-0.4, -0.2) is 47.5 Å². The zero-order valence-corrected chi connectivity index (χ0v) is 16.0. The number of hydrogen-bond donors (Lipinski definition) is 0. The second kappa shape index (κ2) is 8.79. The quantitative estimate of drug-likeness (QED) is 0.520. The molecule has 1 aliphatic rings. The fourth-order valence-corrected chi connectivity index (χ4v) is 3.21. The molecule has 0 spiro atoms. The monoisotopic (exact) mass is 426 g/mol. The Hall–Kier alpha value is -2.65. The number of anilines is 1. The second-order valence-corrected chi connectivity index (χ2v) is 7.00. The summed E-state index contributed by atoms with van der Waals surface area (Å²) in [6, 6.07) is 6.28. The molecule has 0 bridgehead atoms. The molecule has 0 unspecified atom stereocenters. The largest absolute Gasteiger partial charge is 0.416 e. The first-order chi connectivity index (χ1) is 13.7. The van der Waals surface area contributed by atoms with E-state index in [-0.39, 0.29) is 10.7 Å². The van der Waals surface area contributed by atoms with Crippen LogP contribution in [0.2, 0.25) is 5.02 Å². The summed E-state index contributed by atoms with van der Waals surface area (Å²) in [4.78, 5) is 18.9. The first kappa shape index (κ1) is 21.1. The number of nitrogens with zero attached hydrogens (tertiary/aromatic N) is 4. The first-order valence-electron chi connectivity index (χ1n) is 8.85. The van der Waals surface area contributed by atoms with E-state index in [1.807, 2.05) is 11.0 Å². The van der Waals surface area contributed by atoms with Crippen molar-refractivity contribution in [2.45, 2.75) is 6.18 Å². The Kier molecular flexibility index (Phi) is 6.39. The molecule has 6 nitrogen and oxygen atoms in total. The van der Waals surface area contributed by atoms with E-state index < -0.39 is 16.7 Å². The minimum absolute atomic E-state index is 0.117. The van der Waals surface area contributed by atoms with Crippen molar-refractivity contribution in [2.75, 3.05) is 37.6 Å². The van der Waals surface area contributed by atoms with Crippen LogP contribution in [0.3, 0.4) is 0 Å². The summed E-state index contributed by atoms with van der Waals surface area (Å²) in [5.41, 5.74) is -0.0959. The van der Waals surface area contributed by atoms with E-state index in [0.717, 1.165) is 12.1 Å². The molecule has 1 aliphatic heterocycles. The highest BCUT2D eigenvalue weighted by molar-refractivity contribution is 6.30. The van der Waals surface area contributed by atoms with Crippen LogP contribution in [-0.2, 0) is 6.18 Å². The molecule has 0 amide bonds. The second-order valence-electron chi connectivity index (χ2n) is 6.56. The summed E-state index contributed by atoms with van der Waals surface area (Å²) in [7, 11) is 0. The molecule has 3 rings (SSSR count). The number of benzene rings is 1. The van der Waals surface area contributed by atoms with Crippen LogP contribution in [0.15, 0.2) is 42.6 Å². The predicted molar refractivity (Wildman–Crippen MR) is 105 cm³/mol. The van der Waals surface area contributed by atoms with Gasteiger partial charge in [-0.1, -0.05) is 35.9 Å². The molecule has 154 valence electrons. The van der Waals surface area contributed by atoms with Gasteiger partial charge in [-0.25, -0.2) is 4.98 Å². The zero-order chi connectivity index (χ0) is 21.0. The molecule has 0 aliphatic carbocycles. The van der Waals surface area contributed by atoms with Crippen molar-refractivity contribution >= 4 is 29.2 Å². The molecule has 29 heavy (non-hydrogen) atoms.